The van der Waals surface area contributed by atoms with Gasteiger partial charge in [0.05, 0.1) is 28.4 Å². The molecule has 0 aliphatic carbocycles. The number of aliphatic hydroxyl groups is 1. The van der Waals surface area contributed by atoms with E-state index in [0.717, 1.165) is 27.4 Å². The summed E-state index contributed by atoms with van der Waals surface area (Å²) < 4.78 is 24.0. The molecular formula is C21H26O11. The molecule has 0 aliphatic rings. The van der Waals surface area contributed by atoms with Crippen molar-refractivity contribution in [2.45, 2.75) is 31.0 Å². The lowest BCUT2D eigenvalue weighted by Gasteiger charge is -2.31. The molecule has 0 saturated heterocycles. The molecule has 0 radical (unpaired) electrons. The molecule has 1 aromatic rings. The highest BCUT2D eigenvalue weighted by atomic mass is 16.6. The minimum atomic E-state index is -2.18. The van der Waals surface area contributed by atoms with Gasteiger partial charge in [0.1, 0.15) is 0 Å². The van der Waals surface area contributed by atoms with Crippen LogP contribution in [0.25, 0.3) is 6.08 Å². The van der Waals surface area contributed by atoms with Crippen molar-refractivity contribution in [3.63, 3.8) is 0 Å². The summed E-state index contributed by atoms with van der Waals surface area (Å²) in [5.41, 5.74) is -1.71. The fourth-order valence-electron chi connectivity index (χ4n) is 2.73. The molecular weight excluding hydrogens is 428 g/mol. The maximum absolute atomic E-state index is 12.5. The lowest BCUT2D eigenvalue weighted by atomic mass is 9.90. The third-order valence-electron chi connectivity index (χ3n) is 4.43. The minimum Gasteiger partial charge on any atom is -0.504 e. The van der Waals surface area contributed by atoms with E-state index in [-0.39, 0.29) is 17.9 Å². The Hall–Kier alpha value is -3.60. The molecule has 2 atom stereocenters. The van der Waals surface area contributed by atoms with Crippen LogP contribution >= 0.6 is 0 Å². The number of hydrogen-bond donors (Lipinski definition) is 2. The number of benzene rings is 1. The molecule has 0 saturated carbocycles. The summed E-state index contributed by atoms with van der Waals surface area (Å²) in [6.07, 6.45) is -1.04. The first kappa shape index (κ1) is 26.4. The Morgan fingerprint density at radius 1 is 1.06 bits per heavy atom. The molecule has 0 aliphatic heterocycles. The van der Waals surface area contributed by atoms with Crippen molar-refractivity contribution in [3.8, 4) is 11.5 Å². The van der Waals surface area contributed by atoms with Crippen LogP contribution in [0.3, 0.4) is 0 Å². The predicted molar refractivity (Wildman–Crippen MR) is 108 cm³/mol. The molecule has 0 amide bonds. The number of esters is 4. The van der Waals surface area contributed by atoms with Gasteiger partial charge in [-0.2, -0.15) is 0 Å². The van der Waals surface area contributed by atoms with Crippen LogP contribution in [0.2, 0.25) is 0 Å². The van der Waals surface area contributed by atoms with Gasteiger partial charge < -0.3 is 33.9 Å². The number of rotatable bonds is 11. The van der Waals surface area contributed by atoms with E-state index in [1.54, 1.807) is 0 Å². The summed E-state index contributed by atoms with van der Waals surface area (Å²) in [6, 6.07) is 4.30. The molecule has 2 N–H and O–H groups in total. The second-order valence-corrected chi connectivity index (χ2v) is 6.49. The Morgan fingerprint density at radius 2 is 1.75 bits per heavy atom. The van der Waals surface area contributed by atoms with E-state index >= 15 is 0 Å². The zero-order valence-corrected chi connectivity index (χ0v) is 18.2. The van der Waals surface area contributed by atoms with Gasteiger partial charge in [-0.3, -0.25) is 4.79 Å². The lowest BCUT2D eigenvalue weighted by molar-refractivity contribution is -0.185. The third-order valence-corrected chi connectivity index (χ3v) is 4.43. The summed E-state index contributed by atoms with van der Waals surface area (Å²) in [5.74, 6) is -3.82. The number of phenols is 1. The van der Waals surface area contributed by atoms with Crippen molar-refractivity contribution in [2.75, 3.05) is 28.4 Å². The Balaban J connectivity index is 3.20. The molecule has 1 aromatic carbocycles. The Bertz CT molecular complexity index is 861. The van der Waals surface area contributed by atoms with Crippen LogP contribution in [0.4, 0.5) is 0 Å². The van der Waals surface area contributed by atoms with Crippen LogP contribution in [0, 0.1) is 0 Å². The first-order valence-electron chi connectivity index (χ1n) is 9.31. The second kappa shape index (κ2) is 12.3. The molecule has 11 nitrogen and oxygen atoms in total. The average Bonchev–Trinajstić information content (AvgIpc) is 2.80. The Labute approximate surface area is 184 Å². The molecule has 0 bridgehead atoms. The fraction of sp³-hybridized carbons (Fsp3) is 0.429. The van der Waals surface area contributed by atoms with Crippen LogP contribution in [-0.2, 0) is 38.1 Å². The van der Waals surface area contributed by atoms with Crippen molar-refractivity contribution < 1.29 is 53.1 Å². The van der Waals surface area contributed by atoms with E-state index < -0.39 is 48.4 Å². The Kier molecular flexibility index (Phi) is 10.2. The van der Waals surface area contributed by atoms with Crippen LogP contribution < -0.4 is 4.74 Å². The van der Waals surface area contributed by atoms with Gasteiger partial charge in [0.2, 0.25) is 5.60 Å². The number of hydrogen-bond acceptors (Lipinski definition) is 11. The van der Waals surface area contributed by atoms with Gasteiger partial charge in [0.15, 0.2) is 17.6 Å². The second-order valence-electron chi connectivity index (χ2n) is 6.49. The predicted octanol–water partition coefficient (Wildman–Crippen LogP) is 0.746. The highest BCUT2D eigenvalue weighted by Gasteiger charge is 2.47. The molecule has 32 heavy (non-hydrogen) atoms. The molecule has 1 rings (SSSR count). The number of phenolic OH excluding ortho intramolecular Hbond substituents is 1. The van der Waals surface area contributed by atoms with Gasteiger partial charge in [-0.05, 0) is 23.8 Å². The first-order chi connectivity index (χ1) is 15.1. The lowest BCUT2D eigenvalue weighted by Crippen LogP contribution is -2.48. The highest BCUT2D eigenvalue weighted by molar-refractivity contribution is 5.91. The van der Waals surface area contributed by atoms with Gasteiger partial charge in [-0.25, -0.2) is 14.4 Å². The van der Waals surface area contributed by atoms with Gasteiger partial charge in [-0.1, -0.05) is 6.07 Å². The maximum atomic E-state index is 12.5. The van der Waals surface area contributed by atoms with Crippen molar-refractivity contribution in [1.82, 2.24) is 0 Å². The summed E-state index contributed by atoms with van der Waals surface area (Å²) in [4.78, 5) is 48.3. The van der Waals surface area contributed by atoms with Crippen LogP contribution in [-0.4, -0.2) is 74.2 Å². The zero-order chi connectivity index (χ0) is 24.3. The standard InChI is InChI=1S/C21H26O11/c1-28-16-11-13(5-7-14(16)22)6-8-18(25)32-21(20(27)31-4,10-9-17(24)29-2)12-15(23)19(26)30-3/h5-8,11,15,22-23H,9-10,12H2,1-4H3/t15-,21-/m1/s1. The van der Waals surface area contributed by atoms with Gasteiger partial charge in [0, 0.05) is 25.3 Å². The molecule has 0 spiro atoms. The number of carbonyl (C=O) groups is 4. The summed E-state index contributed by atoms with van der Waals surface area (Å²) in [6.45, 7) is 0. The van der Waals surface area contributed by atoms with Crippen LogP contribution in [0.1, 0.15) is 24.8 Å². The van der Waals surface area contributed by atoms with Crippen molar-refractivity contribution in [2.24, 2.45) is 0 Å². The number of carbonyl (C=O) groups excluding carboxylic acids is 4. The number of ether oxygens (including phenoxy) is 5. The topological polar surface area (TPSA) is 155 Å². The minimum absolute atomic E-state index is 0.100. The highest BCUT2D eigenvalue weighted by Crippen LogP contribution is 2.29. The van der Waals surface area contributed by atoms with Gasteiger partial charge in [-0.15, -0.1) is 0 Å². The smallest absolute Gasteiger partial charge is 0.350 e. The fourth-order valence-corrected chi connectivity index (χ4v) is 2.73. The summed E-state index contributed by atoms with van der Waals surface area (Å²) in [5, 5.41) is 19.7. The molecule has 11 heteroatoms. The van der Waals surface area contributed by atoms with Crippen molar-refractivity contribution in [3.05, 3.63) is 29.8 Å². The molecule has 0 fully saturated rings. The van der Waals surface area contributed by atoms with E-state index in [4.69, 9.17) is 14.2 Å². The summed E-state index contributed by atoms with van der Waals surface area (Å²) in [7, 11) is 4.54. The third kappa shape index (κ3) is 7.27. The number of methoxy groups -OCH3 is 4. The number of aromatic hydroxyl groups is 1. The first-order valence-corrected chi connectivity index (χ1v) is 9.31. The van der Waals surface area contributed by atoms with E-state index in [2.05, 4.69) is 9.47 Å². The average molecular weight is 454 g/mol. The zero-order valence-electron chi connectivity index (χ0n) is 18.2. The van der Waals surface area contributed by atoms with Crippen LogP contribution in [0.5, 0.6) is 11.5 Å². The quantitative estimate of drug-likeness (QED) is 0.276. The van der Waals surface area contributed by atoms with Crippen molar-refractivity contribution in [1.29, 1.82) is 0 Å². The van der Waals surface area contributed by atoms with E-state index in [1.807, 2.05) is 0 Å². The van der Waals surface area contributed by atoms with Gasteiger partial charge >= 0.3 is 23.9 Å². The van der Waals surface area contributed by atoms with Crippen LogP contribution in [0.15, 0.2) is 24.3 Å². The largest absolute Gasteiger partial charge is 0.504 e. The number of aliphatic hydroxyl groups excluding tert-OH is 1. The molecule has 0 aromatic heterocycles. The monoisotopic (exact) mass is 454 g/mol. The maximum Gasteiger partial charge on any atom is 0.350 e. The van der Waals surface area contributed by atoms with E-state index in [9.17, 15) is 29.4 Å². The SMILES string of the molecule is COC(=O)CC[C@](C[C@@H](O)C(=O)OC)(OC(=O)C=Cc1ccc(O)c(OC)c1)C(=O)OC. The van der Waals surface area contributed by atoms with Crippen molar-refractivity contribution >= 4 is 30.0 Å². The van der Waals surface area contributed by atoms with Gasteiger partial charge in [0.25, 0.3) is 0 Å². The summed E-state index contributed by atoms with van der Waals surface area (Å²) >= 11 is 0. The molecule has 0 unspecified atom stereocenters. The van der Waals surface area contributed by atoms with E-state index in [0.29, 0.717) is 5.56 Å². The Morgan fingerprint density at radius 3 is 2.31 bits per heavy atom. The normalized spacial score (nSPS) is 13.5. The molecule has 0 heterocycles. The molecule has 176 valence electrons. The van der Waals surface area contributed by atoms with E-state index in [1.165, 1.54) is 31.4 Å².